The summed E-state index contributed by atoms with van der Waals surface area (Å²) >= 11 is 1.73. The highest BCUT2D eigenvalue weighted by molar-refractivity contribution is 7.11. The Labute approximate surface area is 123 Å². The van der Waals surface area contributed by atoms with Gasteiger partial charge in [0.15, 0.2) is 0 Å². The molecule has 4 nitrogen and oxygen atoms in total. The van der Waals surface area contributed by atoms with Gasteiger partial charge in [-0.15, -0.1) is 11.3 Å². The van der Waals surface area contributed by atoms with Crippen LogP contribution in [0.15, 0.2) is 30.3 Å². The number of nitrogens with one attached hydrogen (secondary N) is 2. The van der Waals surface area contributed by atoms with Gasteiger partial charge in [0.25, 0.3) is 5.91 Å². The highest BCUT2D eigenvalue weighted by Crippen LogP contribution is 2.16. The van der Waals surface area contributed by atoms with Crippen LogP contribution in [0, 0.1) is 0 Å². The molecule has 0 unspecified atom stereocenters. The molecule has 0 saturated heterocycles. The van der Waals surface area contributed by atoms with Crippen molar-refractivity contribution in [1.82, 2.24) is 10.3 Å². The Morgan fingerprint density at radius 2 is 2.00 bits per heavy atom. The Morgan fingerprint density at radius 1 is 1.20 bits per heavy atom. The molecule has 2 rings (SSSR count). The number of amides is 1. The van der Waals surface area contributed by atoms with Crippen LogP contribution in [0.1, 0.15) is 34.1 Å². The quantitative estimate of drug-likeness (QED) is 0.859. The van der Waals surface area contributed by atoms with Crippen LogP contribution < -0.4 is 10.6 Å². The second kappa shape index (κ2) is 7.05. The molecule has 2 N–H and O–H groups in total. The molecule has 0 aliphatic rings. The molecule has 0 spiro atoms. The predicted octanol–water partition coefficient (Wildman–Crippen LogP) is 3.07. The highest BCUT2D eigenvalue weighted by atomic mass is 32.1. The van der Waals surface area contributed by atoms with Crippen LogP contribution >= 0.6 is 11.3 Å². The van der Waals surface area contributed by atoms with Gasteiger partial charge in [-0.2, -0.15) is 0 Å². The smallest absolute Gasteiger partial charge is 0.270 e. The van der Waals surface area contributed by atoms with Crippen molar-refractivity contribution in [2.45, 2.75) is 26.8 Å². The van der Waals surface area contributed by atoms with Crippen molar-refractivity contribution in [3.05, 3.63) is 45.8 Å². The van der Waals surface area contributed by atoms with E-state index in [1.807, 2.05) is 19.1 Å². The van der Waals surface area contributed by atoms with Crippen LogP contribution in [-0.4, -0.2) is 17.4 Å². The molecule has 5 heteroatoms. The van der Waals surface area contributed by atoms with E-state index in [1.54, 1.807) is 17.4 Å². The number of thiophene rings is 1. The summed E-state index contributed by atoms with van der Waals surface area (Å²) in [5.41, 5.74) is 0.440. The zero-order chi connectivity index (χ0) is 14.4. The van der Waals surface area contributed by atoms with Crippen molar-refractivity contribution in [1.29, 1.82) is 0 Å². The molecular weight excluding hydrogens is 270 g/mol. The Hall–Kier alpha value is -1.88. The van der Waals surface area contributed by atoms with E-state index >= 15 is 0 Å². The molecule has 2 aromatic heterocycles. The van der Waals surface area contributed by atoms with E-state index in [9.17, 15) is 4.79 Å². The summed E-state index contributed by atoms with van der Waals surface area (Å²) in [5, 5.41) is 6.00. The number of rotatable bonds is 6. The minimum atomic E-state index is -0.142. The summed E-state index contributed by atoms with van der Waals surface area (Å²) in [5.74, 6) is 0.584. The number of anilines is 1. The van der Waals surface area contributed by atoms with E-state index < -0.39 is 0 Å². The molecule has 106 valence electrons. The summed E-state index contributed by atoms with van der Waals surface area (Å²) < 4.78 is 0. The van der Waals surface area contributed by atoms with Gasteiger partial charge in [0, 0.05) is 16.3 Å². The third-order valence-electron chi connectivity index (χ3n) is 2.83. The number of hydrogen-bond acceptors (Lipinski definition) is 4. The third-order valence-corrected chi connectivity index (χ3v) is 4.06. The molecule has 0 aliphatic heterocycles. The van der Waals surface area contributed by atoms with Crippen molar-refractivity contribution in [3.63, 3.8) is 0 Å². The first kappa shape index (κ1) is 14.5. The maximum atomic E-state index is 12.1. The topological polar surface area (TPSA) is 54.0 Å². The van der Waals surface area contributed by atoms with E-state index in [-0.39, 0.29) is 5.91 Å². The Kier molecular flexibility index (Phi) is 5.12. The zero-order valence-electron chi connectivity index (χ0n) is 11.8. The molecule has 0 fully saturated rings. The zero-order valence-corrected chi connectivity index (χ0v) is 12.6. The lowest BCUT2D eigenvalue weighted by atomic mass is 10.3. The van der Waals surface area contributed by atoms with Gasteiger partial charge in [-0.3, -0.25) is 4.79 Å². The normalized spacial score (nSPS) is 10.3. The van der Waals surface area contributed by atoms with Gasteiger partial charge in [0.2, 0.25) is 0 Å². The average Bonchev–Trinajstić information content (AvgIpc) is 2.93. The van der Waals surface area contributed by atoms with Gasteiger partial charge in [-0.1, -0.05) is 13.0 Å². The largest absolute Gasteiger partial charge is 0.370 e. The summed E-state index contributed by atoms with van der Waals surface area (Å²) in [4.78, 5) is 18.8. The molecule has 2 aromatic rings. The van der Waals surface area contributed by atoms with Crippen LogP contribution in [0.4, 0.5) is 5.82 Å². The Balaban J connectivity index is 1.95. The number of nitrogens with zero attached hydrogens (tertiary/aromatic N) is 1. The van der Waals surface area contributed by atoms with E-state index in [0.717, 1.165) is 23.7 Å². The summed E-state index contributed by atoms with van der Waals surface area (Å²) in [7, 11) is 0. The van der Waals surface area contributed by atoms with Crippen molar-refractivity contribution in [2.24, 2.45) is 0 Å². The number of aryl methyl sites for hydroxylation is 1. The lowest BCUT2D eigenvalue weighted by molar-refractivity contribution is 0.0946. The molecule has 2 heterocycles. The van der Waals surface area contributed by atoms with Gasteiger partial charge >= 0.3 is 0 Å². The third kappa shape index (κ3) is 3.81. The minimum absolute atomic E-state index is 0.142. The minimum Gasteiger partial charge on any atom is -0.370 e. The van der Waals surface area contributed by atoms with Gasteiger partial charge in [-0.05, 0) is 37.6 Å². The van der Waals surface area contributed by atoms with Gasteiger partial charge < -0.3 is 10.6 Å². The molecule has 0 bridgehead atoms. The van der Waals surface area contributed by atoms with Crippen LogP contribution in [0.3, 0.4) is 0 Å². The van der Waals surface area contributed by atoms with Crippen LogP contribution in [0.5, 0.6) is 0 Å². The summed E-state index contributed by atoms with van der Waals surface area (Å²) in [6.45, 7) is 5.46. The Morgan fingerprint density at radius 3 is 2.70 bits per heavy atom. The number of pyridine rings is 1. The fourth-order valence-corrected chi connectivity index (χ4v) is 2.70. The van der Waals surface area contributed by atoms with E-state index in [4.69, 9.17) is 0 Å². The fourth-order valence-electron chi connectivity index (χ4n) is 1.81. The molecule has 1 amide bonds. The average molecular weight is 289 g/mol. The molecule has 0 aliphatic carbocycles. The summed E-state index contributed by atoms with van der Waals surface area (Å²) in [6.07, 6.45) is 1.03. The first-order valence-electron chi connectivity index (χ1n) is 6.79. The highest BCUT2D eigenvalue weighted by Gasteiger charge is 2.08. The maximum Gasteiger partial charge on any atom is 0.270 e. The van der Waals surface area contributed by atoms with Crippen LogP contribution in [0.2, 0.25) is 0 Å². The number of carbonyl (C=O) groups excluding carboxylic acids is 1. The maximum absolute atomic E-state index is 12.1. The molecule has 0 atom stereocenters. The van der Waals surface area contributed by atoms with Crippen molar-refractivity contribution in [2.75, 3.05) is 11.9 Å². The van der Waals surface area contributed by atoms with Crippen molar-refractivity contribution in [3.8, 4) is 0 Å². The van der Waals surface area contributed by atoms with Crippen molar-refractivity contribution >= 4 is 23.1 Å². The van der Waals surface area contributed by atoms with E-state index in [2.05, 4.69) is 34.7 Å². The second-order valence-corrected chi connectivity index (χ2v) is 5.60. The molecular formula is C15H19N3OS. The second-order valence-electron chi connectivity index (χ2n) is 4.34. The predicted molar refractivity (Wildman–Crippen MR) is 83.3 cm³/mol. The molecule has 0 radical (unpaired) electrons. The molecule has 20 heavy (non-hydrogen) atoms. The summed E-state index contributed by atoms with van der Waals surface area (Å²) in [6, 6.07) is 9.58. The monoisotopic (exact) mass is 289 g/mol. The fraction of sp³-hybridized carbons (Fsp3) is 0.333. The van der Waals surface area contributed by atoms with E-state index in [0.29, 0.717) is 12.2 Å². The lowest BCUT2D eigenvalue weighted by Gasteiger charge is -2.06. The first-order chi connectivity index (χ1) is 9.72. The molecule has 0 aromatic carbocycles. The lowest BCUT2D eigenvalue weighted by Crippen LogP contribution is -2.23. The van der Waals surface area contributed by atoms with Crippen LogP contribution in [0.25, 0.3) is 0 Å². The number of aromatic nitrogens is 1. The van der Waals surface area contributed by atoms with Gasteiger partial charge in [-0.25, -0.2) is 4.98 Å². The van der Waals surface area contributed by atoms with Gasteiger partial charge in [0.1, 0.15) is 11.5 Å². The number of hydrogen-bond donors (Lipinski definition) is 2. The molecule has 0 saturated carbocycles. The standard InChI is InChI=1S/C15H19N3OS/c1-3-11-8-9-12(20-11)10-17-15(19)13-6-5-7-14(18-13)16-4-2/h5-9H,3-4,10H2,1-2H3,(H,16,18)(H,17,19). The van der Waals surface area contributed by atoms with Crippen LogP contribution in [-0.2, 0) is 13.0 Å². The first-order valence-corrected chi connectivity index (χ1v) is 7.61. The SMILES string of the molecule is CCNc1cccc(C(=O)NCc2ccc(CC)s2)n1. The van der Waals surface area contributed by atoms with E-state index in [1.165, 1.54) is 4.88 Å². The van der Waals surface area contributed by atoms with Gasteiger partial charge in [0.05, 0.1) is 6.54 Å². The number of carbonyl (C=O) groups is 1. The van der Waals surface area contributed by atoms with Crippen molar-refractivity contribution < 1.29 is 4.79 Å². The Bertz CT molecular complexity index is 580.